The third kappa shape index (κ3) is 3.85. The maximum atomic E-state index is 5.55. The van der Waals surface area contributed by atoms with Crippen LogP contribution >= 0.6 is 0 Å². The summed E-state index contributed by atoms with van der Waals surface area (Å²) in [5, 5.41) is 3.33. The van der Waals surface area contributed by atoms with Crippen molar-refractivity contribution in [1.29, 1.82) is 0 Å². The molecule has 0 bridgehead atoms. The zero-order valence-electron chi connectivity index (χ0n) is 11.7. The maximum Gasteiger partial charge on any atom is 0.122 e. The molecule has 0 radical (unpaired) electrons. The molecule has 1 aliphatic rings. The van der Waals surface area contributed by atoms with Gasteiger partial charge in [-0.25, -0.2) is 0 Å². The highest BCUT2D eigenvalue weighted by molar-refractivity contribution is 5.16. The molecule has 3 heteroatoms. The average Bonchev–Trinajstić information content (AvgIpc) is 2.98. The van der Waals surface area contributed by atoms with E-state index in [1.165, 1.54) is 37.8 Å². The van der Waals surface area contributed by atoms with Crippen LogP contribution in [-0.4, -0.2) is 25.0 Å². The lowest BCUT2D eigenvalue weighted by atomic mass is 10.1. The predicted octanol–water partition coefficient (Wildman–Crippen LogP) is 3.01. The van der Waals surface area contributed by atoms with Crippen LogP contribution < -0.4 is 5.32 Å². The second kappa shape index (κ2) is 6.95. The van der Waals surface area contributed by atoms with Crippen LogP contribution in [0.3, 0.4) is 0 Å². The zero-order valence-corrected chi connectivity index (χ0v) is 11.7. The van der Waals surface area contributed by atoms with Gasteiger partial charge in [0.15, 0.2) is 0 Å². The minimum Gasteiger partial charge on any atom is -0.468 e. The SMILES string of the molecule is CCNCc1occc1CN(C)CC1CCCC1. The number of rotatable bonds is 7. The fraction of sp³-hybridized carbons (Fsp3) is 0.733. The van der Waals surface area contributed by atoms with Gasteiger partial charge in [0.2, 0.25) is 0 Å². The molecule has 3 nitrogen and oxygen atoms in total. The van der Waals surface area contributed by atoms with Crippen LogP contribution in [0.4, 0.5) is 0 Å². The van der Waals surface area contributed by atoms with E-state index in [4.69, 9.17) is 4.42 Å². The third-order valence-corrected chi connectivity index (χ3v) is 3.86. The van der Waals surface area contributed by atoms with E-state index < -0.39 is 0 Å². The minimum absolute atomic E-state index is 0.843. The standard InChI is InChI=1S/C15H26N2O/c1-3-16-10-15-14(8-9-18-15)12-17(2)11-13-6-4-5-7-13/h8-9,13,16H,3-7,10-12H2,1-2H3. The molecule has 1 N–H and O–H groups in total. The Kier molecular flexibility index (Phi) is 5.26. The monoisotopic (exact) mass is 250 g/mol. The summed E-state index contributed by atoms with van der Waals surface area (Å²) in [4.78, 5) is 2.44. The average molecular weight is 250 g/mol. The van der Waals surface area contributed by atoms with Gasteiger partial charge < -0.3 is 14.6 Å². The zero-order chi connectivity index (χ0) is 12.8. The highest BCUT2D eigenvalue weighted by Gasteiger charge is 2.17. The molecule has 0 aliphatic heterocycles. The summed E-state index contributed by atoms with van der Waals surface area (Å²) in [6.45, 7) is 6.18. The first-order chi connectivity index (χ1) is 8.79. The van der Waals surface area contributed by atoms with E-state index in [0.717, 1.165) is 31.3 Å². The van der Waals surface area contributed by atoms with Crippen LogP contribution in [0.2, 0.25) is 0 Å². The molecule has 1 saturated carbocycles. The molecule has 1 aromatic rings. The van der Waals surface area contributed by atoms with Gasteiger partial charge in [-0.3, -0.25) is 0 Å². The molecule has 18 heavy (non-hydrogen) atoms. The molecule has 0 spiro atoms. The number of nitrogens with one attached hydrogen (secondary N) is 1. The van der Waals surface area contributed by atoms with Crippen LogP contribution in [0.15, 0.2) is 16.7 Å². The lowest BCUT2D eigenvalue weighted by molar-refractivity contribution is 0.269. The molecule has 0 atom stereocenters. The Bertz CT molecular complexity index is 342. The van der Waals surface area contributed by atoms with Gasteiger partial charge >= 0.3 is 0 Å². The summed E-state index contributed by atoms with van der Waals surface area (Å²) in [5.41, 5.74) is 1.33. The highest BCUT2D eigenvalue weighted by atomic mass is 16.3. The molecule has 0 amide bonds. The topological polar surface area (TPSA) is 28.4 Å². The Morgan fingerprint density at radius 3 is 2.89 bits per heavy atom. The Morgan fingerprint density at radius 2 is 2.17 bits per heavy atom. The van der Waals surface area contributed by atoms with Crippen LogP contribution in [0.25, 0.3) is 0 Å². The normalized spacial score (nSPS) is 16.8. The molecule has 0 unspecified atom stereocenters. The molecule has 0 aromatic carbocycles. The Labute approximate surface area is 111 Å². The molecule has 1 aromatic heterocycles. The molecule has 1 fully saturated rings. The lowest BCUT2D eigenvalue weighted by Gasteiger charge is -2.20. The number of nitrogens with zero attached hydrogens (tertiary/aromatic N) is 1. The molecular weight excluding hydrogens is 224 g/mol. The summed E-state index contributed by atoms with van der Waals surface area (Å²) < 4.78 is 5.55. The summed E-state index contributed by atoms with van der Waals surface area (Å²) >= 11 is 0. The van der Waals surface area contributed by atoms with Crippen molar-refractivity contribution in [2.75, 3.05) is 20.1 Å². The largest absolute Gasteiger partial charge is 0.468 e. The van der Waals surface area contributed by atoms with E-state index in [-0.39, 0.29) is 0 Å². The predicted molar refractivity (Wildman–Crippen MR) is 74.4 cm³/mol. The Balaban J connectivity index is 1.81. The maximum absolute atomic E-state index is 5.55. The molecule has 1 aliphatic carbocycles. The first kappa shape index (κ1) is 13.6. The van der Waals surface area contributed by atoms with E-state index in [1.807, 2.05) is 6.26 Å². The minimum atomic E-state index is 0.843. The molecular formula is C15H26N2O. The van der Waals surface area contributed by atoms with Crippen molar-refractivity contribution in [3.63, 3.8) is 0 Å². The van der Waals surface area contributed by atoms with Gasteiger partial charge in [-0.1, -0.05) is 19.8 Å². The second-order valence-corrected chi connectivity index (χ2v) is 5.50. The van der Waals surface area contributed by atoms with Gasteiger partial charge in [0, 0.05) is 18.7 Å². The van der Waals surface area contributed by atoms with E-state index in [2.05, 4.69) is 30.3 Å². The Hall–Kier alpha value is -0.800. The van der Waals surface area contributed by atoms with Crippen molar-refractivity contribution in [3.05, 3.63) is 23.7 Å². The van der Waals surface area contributed by atoms with E-state index in [1.54, 1.807) is 0 Å². The van der Waals surface area contributed by atoms with Gasteiger partial charge in [0.1, 0.15) is 5.76 Å². The fourth-order valence-corrected chi connectivity index (χ4v) is 2.89. The summed E-state index contributed by atoms with van der Waals surface area (Å²) in [6, 6.07) is 2.11. The van der Waals surface area contributed by atoms with Crippen LogP contribution in [0.1, 0.15) is 43.9 Å². The van der Waals surface area contributed by atoms with Gasteiger partial charge in [-0.05, 0) is 38.4 Å². The van der Waals surface area contributed by atoms with Gasteiger partial charge in [-0.15, -0.1) is 0 Å². The number of furan rings is 1. The van der Waals surface area contributed by atoms with Crippen molar-refractivity contribution in [2.24, 2.45) is 5.92 Å². The highest BCUT2D eigenvalue weighted by Crippen LogP contribution is 2.25. The van der Waals surface area contributed by atoms with Crippen molar-refractivity contribution in [1.82, 2.24) is 10.2 Å². The lowest BCUT2D eigenvalue weighted by Crippen LogP contribution is -2.24. The van der Waals surface area contributed by atoms with E-state index in [0.29, 0.717) is 0 Å². The molecule has 2 rings (SSSR count). The van der Waals surface area contributed by atoms with Crippen LogP contribution in [0, 0.1) is 5.92 Å². The summed E-state index contributed by atoms with van der Waals surface area (Å²) in [7, 11) is 2.22. The molecule has 1 heterocycles. The van der Waals surface area contributed by atoms with Crippen molar-refractivity contribution in [3.8, 4) is 0 Å². The van der Waals surface area contributed by atoms with E-state index in [9.17, 15) is 0 Å². The van der Waals surface area contributed by atoms with Crippen molar-refractivity contribution in [2.45, 2.75) is 45.7 Å². The smallest absolute Gasteiger partial charge is 0.122 e. The second-order valence-electron chi connectivity index (χ2n) is 5.50. The van der Waals surface area contributed by atoms with Crippen molar-refractivity contribution >= 4 is 0 Å². The Morgan fingerprint density at radius 1 is 1.39 bits per heavy atom. The fourth-order valence-electron chi connectivity index (χ4n) is 2.89. The van der Waals surface area contributed by atoms with Gasteiger partial charge in [-0.2, -0.15) is 0 Å². The van der Waals surface area contributed by atoms with Crippen molar-refractivity contribution < 1.29 is 4.42 Å². The first-order valence-electron chi connectivity index (χ1n) is 7.24. The molecule has 0 saturated heterocycles. The quantitative estimate of drug-likeness (QED) is 0.806. The number of hydrogen-bond donors (Lipinski definition) is 1. The van der Waals surface area contributed by atoms with Gasteiger partial charge in [0.05, 0.1) is 12.8 Å². The van der Waals surface area contributed by atoms with E-state index >= 15 is 0 Å². The summed E-state index contributed by atoms with van der Waals surface area (Å²) in [6.07, 6.45) is 7.50. The van der Waals surface area contributed by atoms with Crippen LogP contribution in [-0.2, 0) is 13.1 Å². The summed E-state index contributed by atoms with van der Waals surface area (Å²) in [5.74, 6) is 2.01. The first-order valence-corrected chi connectivity index (χ1v) is 7.24. The number of hydrogen-bond acceptors (Lipinski definition) is 3. The van der Waals surface area contributed by atoms with Crippen LogP contribution in [0.5, 0.6) is 0 Å². The van der Waals surface area contributed by atoms with Gasteiger partial charge in [0.25, 0.3) is 0 Å². The third-order valence-electron chi connectivity index (χ3n) is 3.86. The molecule has 102 valence electrons.